The minimum atomic E-state index is -2.50. The maximum Gasteiger partial charge on any atom is 1.00 e. The van der Waals surface area contributed by atoms with Gasteiger partial charge in [-0.1, -0.05) is 6.07 Å². The van der Waals surface area contributed by atoms with Crippen molar-refractivity contribution in [3.63, 3.8) is 0 Å². The SMILES string of the molecule is O=S(=O)=Nc1cccc(SOO[O-])c1.[Na+]. The van der Waals surface area contributed by atoms with E-state index in [1.54, 1.807) is 12.1 Å². The van der Waals surface area contributed by atoms with Crippen LogP contribution in [-0.4, -0.2) is 8.42 Å². The Bertz CT molecular complexity index is 427. The van der Waals surface area contributed by atoms with Crippen LogP contribution in [0.15, 0.2) is 33.5 Å². The Labute approximate surface area is 114 Å². The molecule has 0 saturated carbocycles. The average molecular weight is 257 g/mol. The Morgan fingerprint density at radius 2 is 2.13 bits per heavy atom. The zero-order valence-corrected chi connectivity index (χ0v) is 11.2. The molecule has 0 aliphatic carbocycles. The van der Waals surface area contributed by atoms with Gasteiger partial charge in [-0.05, 0) is 18.2 Å². The molecular weight excluding hydrogens is 253 g/mol. The van der Waals surface area contributed by atoms with E-state index in [2.05, 4.69) is 13.7 Å². The number of hydrogen-bond donors (Lipinski definition) is 0. The van der Waals surface area contributed by atoms with Crippen LogP contribution < -0.4 is 34.8 Å². The molecule has 0 atom stereocenters. The summed E-state index contributed by atoms with van der Waals surface area (Å²) < 4.78 is 27.7. The summed E-state index contributed by atoms with van der Waals surface area (Å²) in [6.45, 7) is 0. The third-order valence-corrected chi connectivity index (χ3v) is 2.09. The third kappa shape index (κ3) is 6.28. The molecule has 0 fully saturated rings. The number of nitrogens with zero attached hydrogens (tertiary/aromatic N) is 1. The summed E-state index contributed by atoms with van der Waals surface area (Å²) in [6, 6.07) is 6.11. The Kier molecular flexibility index (Phi) is 8.29. The first-order valence-electron chi connectivity index (χ1n) is 3.27. The van der Waals surface area contributed by atoms with Gasteiger partial charge >= 0.3 is 40.1 Å². The van der Waals surface area contributed by atoms with Crippen LogP contribution >= 0.6 is 12.0 Å². The van der Waals surface area contributed by atoms with Crippen molar-refractivity contribution in [2.45, 2.75) is 4.90 Å². The van der Waals surface area contributed by atoms with Crippen LogP contribution in [0.3, 0.4) is 0 Å². The molecule has 0 N–H and O–H groups in total. The standard InChI is InChI=1S/C6H5NO5S2.Na/c8-11-12-13-6-3-1-2-5(4-6)7-14(9)10;/h1-4,8H;/q;+1/p-1. The summed E-state index contributed by atoms with van der Waals surface area (Å²) in [5.74, 6) is 0. The first-order chi connectivity index (χ1) is 6.72. The Morgan fingerprint density at radius 3 is 2.73 bits per heavy atom. The van der Waals surface area contributed by atoms with Crippen LogP contribution in [0.2, 0.25) is 0 Å². The molecule has 6 nitrogen and oxygen atoms in total. The fraction of sp³-hybridized carbons (Fsp3) is 0. The zero-order chi connectivity index (χ0) is 10.4. The fourth-order valence-electron chi connectivity index (χ4n) is 0.731. The van der Waals surface area contributed by atoms with Crippen molar-refractivity contribution in [1.29, 1.82) is 0 Å². The molecule has 76 valence electrons. The van der Waals surface area contributed by atoms with E-state index in [4.69, 9.17) is 0 Å². The van der Waals surface area contributed by atoms with Crippen LogP contribution in [0.1, 0.15) is 0 Å². The molecule has 0 bridgehead atoms. The van der Waals surface area contributed by atoms with Gasteiger partial charge in [0.05, 0.1) is 17.7 Å². The van der Waals surface area contributed by atoms with Crippen molar-refractivity contribution in [2.75, 3.05) is 0 Å². The smallest absolute Gasteiger partial charge is 0.691 e. The van der Waals surface area contributed by atoms with E-state index in [1.807, 2.05) is 0 Å². The third-order valence-electron chi connectivity index (χ3n) is 1.16. The maximum atomic E-state index is 10.2. The minimum Gasteiger partial charge on any atom is -0.691 e. The largest absolute Gasteiger partial charge is 1.00 e. The van der Waals surface area contributed by atoms with Gasteiger partial charge in [0.1, 0.15) is 0 Å². The second-order valence-electron chi connectivity index (χ2n) is 2.03. The Morgan fingerprint density at radius 1 is 1.40 bits per heavy atom. The first-order valence-corrected chi connectivity index (χ1v) is 5.04. The zero-order valence-electron chi connectivity index (χ0n) is 7.61. The molecule has 0 amide bonds. The molecule has 9 heteroatoms. The van der Waals surface area contributed by atoms with Crippen molar-refractivity contribution < 1.29 is 52.6 Å². The van der Waals surface area contributed by atoms with E-state index in [1.165, 1.54) is 12.1 Å². The van der Waals surface area contributed by atoms with Crippen LogP contribution in [0.25, 0.3) is 0 Å². The molecule has 0 spiro atoms. The molecular formula is C6H4NNaO5S2. The van der Waals surface area contributed by atoms with Crippen LogP contribution in [0.5, 0.6) is 0 Å². The molecule has 0 radical (unpaired) electrons. The van der Waals surface area contributed by atoms with Gasteiger partial charge in [0, 0.05) is 4.90 Å². The van der Waals surface area contributed by atoms with Crippen molar-refractivity contribution in [3.05, 3.63) is 24.3 Å². The summed E-state index contributed by atoms with van der Waals surface area (Å²) in [5.41, 5.74) is 0.248. The monoisotopic (exact) mass is 257 g/mol. The van der Waals surface area contributed by atoms with Crippen molar-refractivity contribution in [1.82, 2.24) is 0 Å². The summed E-state index contributed by atoms with van der Waals surface area (Å²) in [7, 11) is -2.50. The number of rotatable bonds is 4. The average Bonchev–Trinajstić information content (AvgIpc) is 2.14. The fourth-order valence-corrected chi connectivity index (χ4v) is 1.43. The summed E-state index contributed by atoms with van der Waals surface area (Å²) in [6.07, 6.45) is 0. The molecule has 15 heavy (non-hydrogen) atoms. The predicted molar refractivity (Wildman–Crippen MR) is 45.5 cm³/mol. The van der Waals surface area contributed by atoms with Gasteiger partial charge in [-0.3, -0.25) is 5.04 Å². The van der Waals surface area contributed by atoms with Crippen molar-refractivity contribution >= 4 is 28.2 Å². The van der Waals surface area contributed by atoms with Gasteiger partial charge in [0.15, 0.2) is 0 Å². The van der Waals surface area contributed by atoms with Crippen LogP contribution in [0.4, 0.5) is 5.69 Å². The van der Waals surface area contributed by atoms with Gasteiger partial charge in [-0.25, -0.2) is 0 Å². The van der Waals surface area contributed by atoms with Gasteiger partial charge in [-0.15, -0.1) is 4.36 Å². The minimum absolute atomic E-state index is 0. The molecule has 1 rings (SSSR count). The molecule has 1 aromatic carbocycles. The summed E-state index contributed by atoms with van der Waals surface area (Å²) in [4.78, 5) is 0.507. The molecule has 0 aliphatic rings. The molecule has 0 aromatic heterocycles. The van der Waals surface area contributed by atoms with Crippen LogP contribution in [0, 0.1) is 0 Å². The van der Waals surface area contributed by atoms with Gasteiger partial charge < -0.3 is 5.26 Å². The molecule has 0 saturated heterocycles. The second-order valence-corrected chi connectivity index (χ2v) is 3.42. The molecule has 0 unspecified atom stereocenters. The summed E-state index contributed by atoms with van der Waals surface area (Å²) >= 11 is 0.666. The van der Waals surface area contributed by atoms with E-state index in [9.17, 15) is 13.7 Å². The summed E-state index contributed by atoms with van der Waals surface area (Å²) in [5, 5.41) is 12.6. The van der Waals surface area contributed by atoms with Crippen molar-refractivity contribution in [3.8, 4) is 0 Å². The van der Waals surface area contributed by atoms with Gasteiger partial charge in [0.25, 0.3) is 0 Å². The van der Waals surface area contributed by atoms with Gasteiger partial charge in [0.2, 0.25) is 0 Å². The maximum absolute atomic E-state index is 10.2. The molecule has 0 heterocycles. The second kappa shape index (κ2) is 8.25. The van der Waals surface area contributed by atoms with Crippen molar-refractivity contribution in [2.24, 2.45) is 4.36 Å². The molecule has 0 aliphatic heterocycles. The van der Waals surface area contributed by atoms with E-state index < -0.39 is 10.5 Å². The Hall–Kier alpha value is 0.0700. The van der Waals surface area contributed by atoms with E-state index in [0.717, 1.165) is 0 Å². The van der Waals surface area contributed by atoms with Crippen LogP contribution in [-0.2, 0) is 19.9 Å². The van der Waals surface area contributed by atoms with E-state index >= 15 is 0 Å². The van der Waals surface area contributed by atoms with E-state index in [0.29, 0.717) is 16.9 Å². The quantitative estimate of drug-likeness (QED) is 0.259. The number of benzene rings is 1. The Balaban J connectivity index is 0.00000196. The molecule has 1 aromatic rings. The van der Waals surface area contributed by atoms with Gasteiger partial charge in [-0.2, -0.15) is 12.8 Å². The number of hydrogen-bond acceptors (Lipinski definition) is 7. The van der Waals surface area contributed by atoms with E-state index in [-0.39, 0.29) is 35.2 Å². The first kappa shape index (κ1) is 15.1. The predicted octanol–water partition coefficient (Wildman–Crippen LogP) is -2.38. The normalized spacial score (nSPS) is 9.13. The topological polar surface area (TPSA) is 88.0 Å².